The van der Waals surface area contributed by atoms with Gasteiger partial charge in [0.2, 0.25) is 0 Å². The molecule has 5 nitrogen and oxygen atoms in total. The average Bonchev–Trinajstić information content (AvgIpc) is 2.82. The van der Waals surface area contributed by atoms with E-state index in [1.54, 1.807) is 18.2 Å². The molecule has 7 heteroatoms. The Bertz CT molecular complexity index is 1270. The summed E-state index contributed by atoms with van der Waals surface area (Å²) < 4.78 is 27.9. The van der Waals surface area contributed by atoms with Gasteiger partial charge in [-0.1, -0.05) is 60.7 Å². The summed E-state index contributed by atoms with van der Waals surface area (Å²) in [4.78, 5) is 11.1. The van der Waals surface area contributed by atoms with Crippen molar-refractivity contribution in [2.75, 3.05) is 11.9 Å². The van der Waals surface area contributed by atoms with Crippen LogP contribution in [0.5, 0.6) is 11.5 Å². The summed E-state index contributed by atoms with van der Waals surface area (Å²) in [6.45, 7) is 0.133. The number of rotatable bonds is 9. The fraction of sp³-hybridized carbons (Fsp3) is 0.115. The molecule has 0 aromatic heterocycles. The Kier molecular flexibility index (Phi) is 7.10. The topological polar surface area (TPSA) is 67.8 Å². The van der Waals surface area contributed by atoms with Crippen molar-refractivity contribution in [2.45, 2.75) is 13.2 Å². The van der Waals surface area contributed by atoms with Crippen LogP contribution in [0.25, 0.3) is 10.8 Å². The molecule has 0 saturated heterocycles. The molecule has 2 N–H and O–H groups in total. The molecule has 0 unspecified atom stereocenters. The van der Waals surface area contributed by atoms with E-state index in [1.807, 2.05) is 60.7 Å². The molecule has 4 aromatic rings. The van der Waals surface area contributed by atoms with Gasteiger partial charge in [-0.2, -0.15) is 0 Å². The zero-order chi connectivity index (χ0) is 23.2. The maximum atomic E-state index is 15.5. The van der Waals surface area contributed by atoms with E-state index in [-0.39, 0.29) is 18.0 Å². The first-order chi connectivity index (χ1) is 16.0. The first-order valence-electron chi connectivity index (χ1n) is 10.3. The number of fused-ring (bicyclic) bond motifs is 1. The van der Waals surface area contributed by atoms with Gasteiger partial charge in [-0.15, -0.1) is 0 Å². The van der Waals surface area contributed by atoms with Gasteiger partial charge in [0.1, 0.15) is 36.9 Å². The van der Waals surface area contributed by atoms with Gasteiger partial charge in [0.25, 0.3) is 0 Å². The van der Waals surface area contributed by atoms with Crippen LogP contribution in [0.4, 0.5) is 10.1 Å². The smallest absolute Gasteiger partial charge is 0.322 e. The molecular formula is C26H21BrFNO4. The maximum Gasteiger partial charge on any atom is 0.322 e. The molecule has 0 atom stereocenters. The number of hydrogen-bond donors (Lipinski definition) is 2. The van der Waals surface area contributed by atoms with E-state index in [1.165, 1.54) is 0 Å². The summed E-state index contributed by atoms with van der Waals surface area (Å²) in [6, 6.07) is 24.2. The highest BCUT2D eigenvalue weighted by atomic mass is 79.9. The van der Waals surface area contributed by atoms with Crippen LogP contribution in [0, 0.1) is 5.82 Å². The average molecular weight is 510 g/mol. The fourth-order valence-electron chi connectivity index (χ4n) is 3.36. The highest BCUT2D eigenvalue weighted by Crippen LogP contribution is 2.39. The Hall–Kier alpha value is -3.58. The molecule has 0 fully saturated rings. The predicted molar refractivity (Wildman–Crippen MR) is 129 cm³/mol. The first kappa shape index (κ1) is 22.6. The zero-order valence-corrected chi connectivity index (χ0v) is 19.1. The van der Waals surface area contributed by atoms with Crippen LogP contribution < -0.4 is 14.8 Å². The summed E-state index contributed by atoms with van der Waals surface area (Å²) in [7, 11) is 0. The fourth-order valence-corrected chi connectivity index (χ4v) is 3.82. The maximum absolute atomic E-state index is 15.5. The highest BCUT2D eigenvalue weighted by Gasteiger charge is 2.18. The monoisotopic (exact) mass is 509 g/mol. The molecule has 0 spiro atoms. The third-order valence-electron chi connectivity index (χ3n) is 4.98. The molecule has 0 aliphatic carbocycles. The summed E-state index contributed by atoms with van der Waals surface area (Å²) in [5.74, 6) is -0.908. The van der Waals surface area contributed by atoms with E-state index in [0.717, 1.165) is 11.1 Å². The van der Waals surface area contributed by atoms with Crippen molar-refractivity contribution >= 4 is 38.4 Å². The lowest BCUT2D eigenvalue weighted by Crippen LogP contribution is -2.14. The molecule has 0 bridgehead atoms. The van der Waals surface area contributed by atoms with Crippen LogP contribution >= 0.6 is 15.9 Å². The van der Waals surface area contributed by atoms with Crippen LogP contribution in [0.1, 0.15) is 11.1 Å². The van der Waals surface area contributed by atoms with Gasteiger partial charge in [0, 0.05) is 5.39 Å². The highest BCUT2D eigenvalue weighted by molar-refractivity contribution is 9.10. The molecule has 0 saturated carbocycles. The molecule has 168 valence electrons. The molecule has 4 rings (SSSR count). The molecular weight excluding hydrogens is 489 g/mol. The molecule has 4 aromatic carbocycles. The van der Waals surface area contributed by atoms with Crippen LogP contribution in [0.3, 0.4) is 0 Å². The Morgan fingerprint density at radius 2 is 1.42 bits per heavy atom. The lowest BCUT2D eigenvalue weighted by molar-refractivity contribution is -0.134. The summed E-state index contributed by atoms with van der Waals surface area (Å²) in [6.07, 6.45) is 0. The minimum atomic E-state index is -1.10. The molecule has 0 aliphatic rings. The second-order valence-corrected chi connectivity index (χ2v) is 8.22. The van der Waals surface area contributed by atoms with Crippen molar-refractivity contribution in [1.29, 1.82) is 0 Å². The second-order valence-electron chi connectivity index (χ2n) is 7.36. The summed E-state index contributed by atoms with van der Waals surface area (Å²) in [5.41, 5.74) is 1.92. The SMILES string of the molecule is O=C(O)CNc1c(OCc2ccccc2)cc2cc(OCc3ccccc3)c(Br)cc2c1F. The molecule has 0 radical (unpaired) electrons. The van der Waals surface area contributed by atoms with E-state index in [2.05, 4.69) is 21.2 Å². The number of carboxylic acids is 1. The standard InChI is InChI=1S/C26H21BrFNO4/c27-21-13-20-19(11-22(21)32-15-17-7-3-1-4-8-17)12-23(26(25(20)28)29-14-24(30)31)33-16-18-9-5-2-6-10-18/h1-13,29H,14-16H2,(H,30,31). The van der Waals surface area contributed by atoms with Gasteiger partial charge in [-0.25, -0.2) is 4.39 Å². The van der Waals surface area contributed by atoms with Gasteiger partial charge < -0.3 is 19.9 Å². The van der Waals surface area contributed by atoms with Crippen molar-refractivity contribution in [2.24, 2.45) is 0 Å². The van der Waals surface area contributed by atoms with Gasteiger partial charge in [0.05, 0.1) is 4.47 Å². The Morgan fingerprint density at radius 1 is 0.879 bits per heavy atom. The number of hydrogen-bond acceptors (Lipinski definition) is 4. The predicted octanol–water partition coefficient (Wildman–Crippen LogP) is 6.40. The Labute approximate surface area is 198 Å². The molecule has 0 aliphatic heterocycles. The van der Waals surface area contributed by atoms with E-state index < -0.39 is 18.3 Å². The van der Waals surface area contributed by atoms with E-state index in [9.17, 15) is 4.79 Å². The third kappa shape index (κ3) is 5.62. The van der Waals surface area contributed by atoms with Crippen molar-refractivity contribution in [1.82, 2.24) is 0 Å². The van der Waals surface area contributed by atoms with Crippen molar-refractivity contribution in [3.05, 3.63) is 100 Å². The van der Waals surface area contributed by atoms with Crippen LogP contribution in [-0.4, -0.2) is 17.6 Å². The van der Waals surface area contributed by atoms with E-state index in [0.29, 0.717) is 27.6 Å². The van der Waals surface area contributed by atoms with Gasteiger partial charge in [-0.3, -0.25) is 4.79 Å². The Morgan fingerprint density at radius 3 is 2.00 bits per heavy atom. The van der Waals surface area contributed by atoms with Crippen LogP contribution in [0.15, 0.2) is 83.3 Å². The zero-order valence-electron chi connectivity index (χ0n) is 17.6. The largest absolute Gasteiger partial charge is 0.488 e. The van der Waals surface area contributed by atoms with Gasteiger partial charge in [0.15, 0.2) is 5.82 Å². The van der Waals surface area contributed by atoms with Crippen molar-refractivity contribution in [3.8, 4) is 11.5 Å². The number of carbonyl (C=O) groups is 1. The number of benzene rings is 4. The molecule has 0 amide bonds. The summed E-state index contributed by atoms with van der Waals surface area (Å²) >= 11 is 3.45. The van der Waals surface area contributed by atoms with Crippen LogP contribution in [-0.2, 0) is 18.0 Å². The number of aliphatic carboxylic acids is 1. The number of carboxylic acid groups (broad SMARTS) is 1. The van der Waals surface area contributed by atoms with E-state index >= 15 is 4.39 Å². The quantitative estimate of drug-likeness (QED) is 0.273. The third-order valence-corrected chi connectivity index (χ3v) is 5.60. The van der Waals surface area contributed by atoms with Crippen LogP contribution in [0.2, 0.25) is 0 Å². The van der Waals surface area contributed by atoms with Crippen molar-refractivity contribution in [3.63, 3.8) is 0 Å². The normalized spacial score (nSPS) is 10.7. The summed E-state index contributed by atoms with van der Waals surface area (Å²) in [5, 5.41) is 12.6. The number of ether oxygens (including phenoxy) is 2. The Balaban J connectivity index is 1.68. The lowest BCUT2D eigenvalue weighted by Gasteiger charge is -2.17. The number of anilines is 1. The van der Waals surface area contributed by atoms with E-state index in [4.69, 9.17) is 14.6 Å². The first-order valence-corrected chi connectivity index (χ1v) is 11.1. The van der Waals surface area contributed by atoms with Crippen molar-refractivity contribution < 1.29 is 23.8 Å². The number of nitrogens with one attached hydrogen (secondary N) is 1. The molecule has 33 heavy (non-hydrogen) atoms. The minimum Gasteiger partial charge on any atom is -0.488 e. The molecule has 0 heterocycles. The van der Waals surface area contributed by atoms with Gasteiger partial charge >= 0.3 is 5.97 Å². The second kappa shape index (κ2) is 10.4. The lowest BCUT2D eigenvalue weighted by atomic mass is 10.1. The number of halogens is 2. The minimum absolute atomic E-state index is 0.00526. The van der Waals surface area contributed by atoms with Gasteiger partial charge in [-0.05, 0) is 50.6 Å².